The average molecular weight is 422 g/mol. The van der Waals surface area contributed by atoms with Crippen molar-refractivity contribution in [3.05, 3.63) is 100 Å². The highest BCUT2D eigenvalue weighted by Gasteiger charge is 2.16. The number of nitrogens with one attached hydrogen (secondary N) is 2. The summed E-state index contributed by atoms with van der Waals surface area (Å²) in [5.41, 5.74) is 1.88. The first-order chi connectivity index (χ1) is 13.1. The molecule has 0 aliphatic heterocycles. The first kappa shape index (κ1) is 18.5. The van der Waals surface area contributed by atoms with Gasteiger partial charge in [0.2, 0.25) is 0 Å². The monoisotopic (exact) mass is 421 g/mol. The van der Waals surface area contributed by atoms with Crippen LogP contribution in [0.3, 0.4) is 0 Å². The van der Waals surface area contributed by atoms with Crippen LogP contribution in [0.4, 0.5) is 5.69 Å². The van der Waals surface area contributed by atoms with Crippen molar-refractivity contribution in [1.82, 2.24) is 10.3 Å². The van der Waals surface area contributed by atoms with E-state index in [2.05, 4.69) is 31.5 Å². The van der Waals surface area contributed by atoms with Gasteiger partial charge in [0.05, 0.1) is 5.56 Å². The van der Waals surface area contributed by atoms with E-state index in [1.807, 2.05) is 24.3 Å². The van der Waals surface area contributed by atoms with E-state index in [1.54, 1.807) is 60.9 Å². The molecule has 0 spiro atoms. The number of carbonyl (C=O) groups is 2. The number of amides is 2. The highest BCUT2D eigenvalue weighted by molar-refractivity contribution is 9.10. The van der Waals surface area contributed by atoms with Gasteiger partial charge in [0.15, 0.2) is 0 Å². The fourth-order valence-electron chi connectivity index (χ4n) is 2.34. The summed E-state index contributed by atoms with van der Waals surface area (Å²) in [4.78, 5) is 29.4. The maximum atomic E-state index is 12.7. The lowest BCUT2D eigenvalue weighted by molar-refractivity contribution is -0.113. The quantitative estimate of drug-likeness (QED) is 0.604. The minimum Gasteiger partial charge on any atom is -0.321 e. The molecule has 3 aromatic rings. The maximum Gasteiger partial charge on any atom is 0.272 e. The number of para-hydroxylation sites is 1. The van der Waals surface area contributed by atoms with E-state index in [-0.39, 0.29) is 11.6 Å². The molecule has 2 amide bonds. The van der Waals surface area contributed by atoms with E-state index < -0.39 is 5.91 Å². The number of hydrogen-bond donors (Lipinski definition) is 2. The number of carbonyl (C=O) groups excluding carboxylic acids is 2. The van der Waals surface area contributed by atoms with Crippen LogP contribution in [0.5, 0.6) is 0 Å². The van der Waals surface area contributed by atoms with Gasteiger partial charge in [-0.05, 0) is 57.9 Å². The zero-order chi connectivity index (χ0) is 19.1. The zero-order valence-electron chi connectivity index (χ0n) is 14.2. The smallest absolute Gasteiger partial charge is 0.272 e. The van der Waals surface area contributed by atoms with Crippen molar-refractivity contribution < 1.29 is 9.59 Å². The van der Waals surface area contributed by atoms with Gasteiger partial charge in [-0.15, -0.1) is 0 Å². The van der Waals surface area contributed by atoms with Crippen LogP contribution >= 0.6 is 15.9 Å². The fourth-order valence-corrected chi connectivity index (χ4v) is 2.81. The molecule has 0 atom stereocenters. The lowest BCUT2D eigenvalue weighted by Gasteiger charge is -2.12. The summed E-state index contributed by atoms with van der Waals surface area (Å²) in [6.07, 6.45) is 4.83. The Morgan fingerprint density at radius 1 is 0.926 bits per heavy atom. The number of benzene rings is 2. The lowest BCUT2D eigenvalue weighted by atomic mass is 10.2. The molecule has 0 saturated carbocycles. The average Bonchev–Trinajstić information content (AvgIpc) is 2.69. The molecule has 2 N–H and O–H groups in total. The van der Waals surface area contributed by atoms with Crippen molar-refractivity contribution in [3.8, 4) is 0 Å². The van der Waals surface area contributed by atoms with E-state index in [0.717, 1.165) is 0 Å². The number of pyridine rings is 1. The molecule has 1 heterocycles. The highest BCUT2D eigenvalue weighted by Crippen LogP contribution is 2.17. The van der Waals surface area contributed by atoms with E-state index in [4.69, 9.17) is 0 Å². The zero-order valence-corrected chi connectivity index (χ0v) is 15.8. The summed E-state index contributed by atoms with van der Waals surface area (Å²) in [6, 6.07) is 19.6. The second kappa shape index (κ2) is 8.91. The van der Waals surface area contributed by atoms with E-state index in [0.29, 0.717) is 21.3 Å². The van der Waals surface area contributed by atoms with Crippen LogP contribution < -0.4 is 10.6 Å². The van der Waals surface area contributed by atoms with Crippen LogP contribution in [-0.4, -0.2) is 16.8 Å². The van der Waals surface area contributed by atoms with Gasteiger partial charge in [0, 0.05) is 22.6 Å². The van der Waals surface area contributed by atoms with Gasteiger partial charge in [0.25, 0.3) is 11.8 Å². The molecule has 0 saturated heterocycles. The van der Waals surface area contributed by atoms with Crippen LogP contribution in [0.15, 0.2) is 89.3 Å². The summed E-state index contributed by atoms with van der Waals surface area (Å²) in [5.74, 6) is -0.814. The van der Waals surface area contributed by atoms with Gasteiger partial charge in [-0.1, -0.05) is 36.4 Å². The van der Waals surface area contributed by atoms with Crippen LogP contribution in [0, 0.1) is 0 Å². The third-order valence-corrected chi connectivity index (χ3v) is 4.33. The van der Waals surface area contributed by atoms with Crippen molar-refractivity contribution in [2.75, 3.05) is 5.32 Å². The third kappa shape index (κ3) is 5.12. The van der Waals surface area contributed by atoms with Gasteiger partial charge in [0.1, 0.15) is 5.70 Å². The standard InChI is InChI=1S/C21H16BrN3O2/c22-18-11-5-4-10-17(18)20(26)25-19(13-15-7-6-12-23-14-15)21(27)24-16-8-2-1-3-9-16/h1-14H,(H,24,27)(H,25,26). The molecule has 0 bridgehead atoms. The maximum absolute atomic E-state index is 12.7. The molecule has 27 heavy (non-hydrogen) atoms. The Labute approximate surface area is 165 Å². The van der Waals surface area contributed by atoms with E-state index in [9.17, 15) is 9.59 Å². The first-order valence-corrected chi connectivity index (χ1v) is 8.97. The van der Waals surface area contributed by atoms with Gasteiger partial charge in [-0.2, -0.15) is 0 Å². The summed E-state index contributed by atoms with van der Waals surface area (Å²) in [6.45, 7) is 0. The van der Waals surface area contributed by atoms with Gasteiger partial charge in [-0.25, -0.2) is 0 Å². The number of aromatic nitrogens is 1. The normalized spacial score (nSPS) is 10.9. The predicted molar refractivity (Wildman–Crippen MR) is 109 cm³/mol. The molecule has 0 unspecified atom stereocenters. The van der Waals surface area contributed by atoms with Gasteiger partial charge < -0.3 is 10.6 Å². The van der Waals surface area contributed by atoms with Crippen LogP contribution in [0.2, 0.25) is 0 Å². The molecule has 0 aliphatic carbocycles. The lowest BCUT2D eigenvalue weighted by Crippen LogP contribution is -2.31. The largest absolute Gasteiger partial charge is 0.321 e. The van der Waals surface area contributed by atoms with Crippen LogP contribution in [0.25, 0.3) is 6.08 Å². The summed E-state index contributed by atoms with van der Waals surface area (Å²) in [7, 11) is 0. The Kier molecular flexibility index (Phi) is 6.12. The van der Waals surface area contributed by atoms with Crippen molar-refractivity contribution in [3.63, 3.8) is 0 Å². The fraction of sp³-hybridized carbons (Fsp3) is 0. The number of halogens is 1. The number of nitrogens with zero attached hydrogens (tertiary/aromatic N) is 1. The number of anilines is 1. The van der Waals surface area contributed by atoms with E-state index >= 15 is 0 Å². The van der Waals surface area contributed by atoms with Crippen LogP contribution in [0.1, 0.15) is 15.9 Å². The molecule has 0 radical (unpaired) electrons. The molecule has 2 aromatic carbocycles. The molecule has 134 valence electrons. The van der Waals surface area contributed by atoms with Crippen molar-refractivity contribution in [2.45, 2.75) is 0 Å². The van der Waals surface area contributed by atoms with Crippen molar-refractivity contribution >= 4 is 39.5 Å². The minimum absolute atomic E-state index is 0.118. The molecule has 3 rings (SSSR count). The molecular formula is C21H16BrN3O2. The highest BCUT2D eigenvalue weighted by atomic mass is 79.9. The van der Waals surface area contributed by atoms with E-state index in [1.165, 1.54) is 0 Å². The summed E-state index contributed by atoms with van der Waals surface area (Å²) >= 11 is 3.35. The Morgan fingerprint density at radius 2 is 1.67 bits per heavy atom. The van der Waals surface area contributed by atoms with Crippen molar-refractivity contribution in [2.24, 2.45) is 0 Å². The Morgan fingerprint density at radius 3 is 2.37 bits per heavy atom. The number of hydrogen-bond acceptors (Lipinski definition) is 3. The topological polar surface area (TPSA) is 71.1 Å². The molecule has 6 heteroatoms. The predicted octanol–water partition coefficient (Wildman–Crippen LogP) is 4.25. The molecule has 5 nitrogen and oxygen atoms in total. The molecule has 0 aliphatic rings. The minimum atomic E-state index is -0.426. The summed E-state index contributed by atoms with van der Waals surface area (Å²) in [5, 5.41) is 5.47. The first-order valence-electron chi connectivity index (χ1n) is 8.17. The molecule has 1 aromatic heterocycles. The van der Waals surface area contributed by atoms with Crippen LogP contribution in [-0.2, 0) is 4.79 Å². The second-order valence-electron chi connectivity index (χ2n) is 5.60. The number of rotatable bonds is 5. The molecule has 0 fully saturated rings. The third-order valence-electron chi connectivity index (χ3n) is 3.64. The van der Waals surface area contributed by atoms with Gasteiger partial charge in [-0.3, -0.25) is 14.6 Å². The summed E-state index contributed by atoms with van der Waals surface area (Å²) < 4.78 is 0.645. The van der Waals surface area contributed by atoms with Gasteiger partial charge >= 0.3 is 0 Å². The Bertz CT molecular complexity index is 973. The Balaban J connectivity index is 1.88. The second-order valence-corrected chi connectivity index (χ2v) is 6.45. The Hall–Kier alpha value is -3.25. The SMILES string of the molecule is O=C(Nc1ccccc1)C(=Cc1cccnc1)NC(=O)c1ccccc1Br. The molecular weight excluding hydrogens is 406 g/mol. The van der Waals surface area contributed by atoms with Crippen molar-refractivity contribution in [1.29, 1.82) is 0 Å².